The van der Waals surface area contributed by atoms with Crippen molar-refractivity contribution in [2.45, 2.75) is 13.3 Å². The third kappa shape index (κ3) is 3.15. The van der Waals surface area contributed by atoms with Crippen molar-refractivity contribution >= 4 is 5.71 Å². The summed E-state index contributed by atoms with van der Waals surface area (Å²) in [6.45, 7) is 1.88. The fraction of sp³-hybridized carbons (Fsp3) is 0.267. The number of rotatable bonds is 5. The van der Waals surface area contributed by atoms with Crippen molar-refractivity contribution < 1.29 is 10.2 Å². The molecule has 0 bridgehead atoms. The van der Waals surface area contributed by atoms with Crippen molar-refractivity contribution in [3.05, 3.63) is 56.7 Å². The first kappa shape index (κ1) is 15.7. The second kappa shape index (κ2) is 6.86. The van der Waals surface area contributed by atoms with Crippen LogP contribution in [0.2, 0.25) is 0 Å². The average Bonchev–Trinajstić information content (AvgIpc) is 2.48. The molecular formula is C15H17N3O4. The Labute approximate surface area is 126 Å². The van der Waals surface area contributed by atoms with E-state index in [1.165, 1.54) is 0 Å². The lowest BCUT2D eigenvalue weighted by molar-refractivity contribution is 0.291. The van der Waals surface area contributed by atoms with Gasteiger partial charge in [-0.2, -0.15) is 0 Å². The molecule has 0 saturated carbocycles. The van der Waals surface area contributed by atoms with Crippen molar-refractivity contribution in [2.24, 2.45) is 4.99 Å². The number of aromatic nitrogens is 2. The summed E-state index contributed by atoms with van der Waals surface area (Å²) in [5, 5.41) is 19.1. The van der Waals surface area contributed by atoms with Crippen LogP contribution in [0.3, 0.4) is 0 Å². The maximum Gasteiger partial charge on any atom is 0.335 e. The van der Waals surface area contributed by atoms with Crippen LogP contribution in [0.4, 0.5) is 0 Å². The summed E-state index contributed by atoms with van der Waals surface area (Å²) in [5.41, 5.74) is -0.732. The van der Waals surface area contributed by atoms with Crippen LogP contribution in [-0.4, -0.2) is 38.6 Å². The first-order chi connectivity index (χ1) is 10.6. The van der Waals surface area contributed by atoms with Crippen molar-refractivity contribution in [3.8, 4) is 11.6 Å². The highest BCUT2D eigenvalue weighted by atomic mass is 16.3. The number of H-pyrrole nitrogens is 1. The van der Waals surface area contributed by atoms with Crippen LogP contribution in [0.1, 0.15) is 18.9 Å². The van der Waals surface area contributed by atoms with E-state index in [1.807, 2.05) is 0 Å². The van der Waals surface area contributed by atoms with E-state index >= 15 is 0 Å². The van der Waals surface area contributed by atoms with Crippen LogP contribution in [0.15, 0.2) is 44.9 Å². The van der Waals surface area contributed by atoms with E-state index in [2.05, 4.69) is 9.98 Å². The van der Waals surface area contributed by atoms with Crippen molar-refractivity contribution in [3.63, 3.8) is 0 Å². The van der Waals surface area contributed by atoms with Crippen LogP contribution in [0, 0.1) is 0 Å². The zero-order valence-corrected chi connectivity index (χ0v) is 12.1. The van der Waals surface area contributed by atoms with E-state index in [-0.39, 0.29) is 12.2 Å². The molecule has 0 radical (unpaired) electrons. The number of aliphatic imine (C=N–C) groups is 1. The lowest BCUT2D eigenvalue weighted by atomic mass is 10.2. The van der Waals surface area contributed by atoms with Gasteiger partial charge in [-0.05, 0) is 25.5 Å². The Kier molecular flexibility index (Phi) is 4.90. The fourth-order valence-corrected chi connectivity index (χ4v) is 2.06. The third-order valence-electron chi connectivity index (χ3n) is 3.13. The number of para-hydroxylation sites is 1. The lowest BCUT2D eigenvalue weighted by Crippen LogP contribution is -2.32. The summed E-state index contributed by atoms with van der Waals surface area (Å²) in [7, 11) is 0. The van der Waals surface area contributed by atoms with E-state index in [0.29, 0.717) is 24.4 Å². The molecule has 7 nitrogen and oxygen atoms in total. The van der Waals surface area contributed by atoms with Gasteiger partial charge in [0.2, 0.25) is 5.88 Å². The largest absolute Gasteiger partial charge is 0.493 e. The molecule has 2 aromatic rings. The molecule has 116 valence electrons. The van der Waals surface area contributed by atoms with Gasteiger partial charge in [-0.3, -0.25) is 14.8 Å². The van der Waals surface area contributed by atoms with Crippen LogP contribution in [0.25, 0.3) is 5.69 Å². The number of hydrogen-bond acceptors (Lipinski definition) is 5. The predicted molar refractivity (Wildman–Crippen MR) is 83.1 cm³/mol. The van der Waals surface area contributed by atoms with Gasteiger partial charge in [0, 0.05) is 18.9 Å². The molecule has 0 amide bonds. The summed E-state index contributed by atoms with van der Waals surface area (Å²) in [4.78, 5) is 30.2. The van der Waals surface area contributed by atoms with Gasteiger partial charge in [-0.1, -0.05) is 18.2 Å². The molecule has 0 aliphatic carbocycles. The van der Waals surface area contributed by atoms with Gasteiger partial charge >= 0.3 is 5.69 Å². The molecule has 1 aromatic heterocycles. The molecule has 2 rings (SSSR count). The molecule has 1 heterocycles. The number of aromatic hydroxyl groups is 1. The number of nitrogens with zero attached hydrogens (tertiary/aromatic N) is 2. The highest BCUT2D eigenvalue weighted by Gasteiger charge is 2.17. The van der Waals surface area contributed by atoms with Crippen LogP contribution < -0.4 is 11.2 Å². The molecule has 0 unspecified atom stereocenters. The van der Waals surface area contributed by atoms with Gasteiger partial charge in [-0.15, -0.1) is 0 Å². The van der Waals surface area contributed by atoms with Gasteiger partial charge < -0.3 is 10.2 Å². The summed E-state index contributed by atoms with van der Waals surface area (Å²) in [6, 6.07) is 8.49. The predicted octanol–water partition coefficient (Wildman–Crippen LogP) is 0.423. The summed E-state index contributed by atoms with van der Waals surface area (Å²) in [5.74, 6) is -0.454. The van der Waals surface area contributed by atoms with Crippen LogP contribution in [0.5, 0.6) is 5.88 Å². The molecule has 0 atom stereocenters. The first-order valence-corrected chi connectivity index (χ1v) is 6.82. The standard InChI is InChI=1S/C15H17N3O4/c1-10(16-8-5-9-19)12-13(20)17-15(22)18(14(12)21)11-6-3-2-4-7-11/h2-4,6-7,19,21H,5,8-9H2,1H3,(H,17,20,22). The van der Waals surface area contributed by atoms with Crippen LogP contribution in [-0.2, 0) is 0 Å². The normalized spacial score (nSPS) is 11.6. The van der Waals surface area contributed by atoms with Crippen LogP contribution >= 0.6 is 0 Å². The molecule has 22 heavy (non-hydrogen) atoms. The van der Waals surface area contributed by atoms with Crippen molar-refractivity contribution in [2.75, 3.05) is 13.2 Å². The second-order valence-corrected chi connectivity index (χ2v) is 4.67. The second-order valence-electron chi connectivity index (χ2n) is 4.67. The third-order valence-corrected chi connectivity index (χ3v) is 3.13. The topological polar surface area (TPSA) is 108 Å². The van der Waals surface area contributed by atoms with Gasteiger partial charge in [0.05, 0.1) is 5.69 Å². The molecule has 3 N–H and O–H groups in total. The molecule has 0 fully saturated rings. The zero-order valence-electron chi connectivity index (χ0n) is 12.1. The van der Waals surface area contributed by atoms with Gasteiger partial charge in [0.15, 0.2) is 0 Å². The average molecular weight is 303 g/mol. The molecule has 0 spiro atoms. The number of aliphatic hydroxyl groups is 1. The Morgan fingerprint density at radius 3 is 2.59 bits per heavy atom. The maximum absolute atomic E-state index is 12.0. The Bertz CT molecular complexity index is 791. The molecule has 0 aliphatic rings. The Morgan fingerprint density at radius 2 is 1.95 bits per heavy atom. The molecule has 7 heteroatoms. The fourth-order valence-electron chi connectivity index (χ4n) is 2.06. The zero-order chi connectivity index (χ0) is 16.1. The minimum atomic E-state index is -0.722. The highest BCUT2D eigenvalue weighted by molar-refractivity contribution is 6.00. The quantitative estimate of drug-likeness (QED) is 0.549. The van der Waals surface area contributed by atoms with Crippen molar-refractivity contribution in [1.29, 1.82) is 0 Å². The summed E-state index contributed by atoms with van der Waals surface area (Å²) >= 11 is 0. The van der Waals surface area contributed by atoms with Crippen molar-refractivity contribution in [1.82, 2.24) is 9.55 Å². The summed E-state index contributed by atoms with van der Waals surface area (Å²) in [6.07, 6.45) is 0.453. The van der Waals surface area contributed by atoms with Gasteiger partial charge in [0.1, 0.15) is 5.56 Å². The summed E-state index contributed by atoms with van der Waals surface area (Å²) < 4.78 is 1.02. The molecule has 0 aliphatic heterocycles. The smallest absolute Gasteiger partial charge is 0.335 e. The maximum atomic E-state index is 12.0. The van der Waals surface area contributed by atoms with E-state index in [0.717, 1.165) is 4.57 Å². The van der Waals surface area contributed by atoms with E-state index in [4.69, 9.17) is 5.11 Å². The van der Waals surface area contributed by atoms with Gasteiger partial charge in [0.25, 0.3) is 5.56 Å². The van der Waals surface area contributed by atoms with E-state index in [9.17, 15) is 14.7 Å². The monoisotopic (exact) mass is 303 g/mol. The number of aliphatic hydroxyl groups excluding tert-OH is 1. The SMILES string of the molecule is CC(=NCCCO)c1c(O)n(-c2ccccc2)c(=O)[nH]c1=O. The highest BCUT2D eigenvalue weighted by Crippen LogP contribution is 2.16. The lowest BCUT2D eigenvalue weighted by Gasteiger charge is -2.11. The molecular weight excluding hydrogens is 286 g/mol. The number of aromatic amines is 1. The minimum Gasteiger partial charge on any atom is -0.493 e. The Balaban J connectivity index is 2.60. The van der Waals surface area contributed by atoms with E-state index < -0.39 is 17.1 Å². The number of hydrogen-bond donors (Lipinski definition) is 3. The number of nitrogens with one attached hydrogen (secondary N) is 1. The number of benzene rings is 1. The molecule has 0 saturated heterocycles. The van der Waals surface area contributed by atoms with Gasteiger partial charge in [-0.25, -0.2) is 9.36 Å². The minimum absolute atomic E-state index is 0.0113. The first-order valence-electron chi connectivity index (χ1n) is 6.82. The Morgan fingerprint density at radius 1 is 1.27 bits per heavy atom. The Hall–Kier alpha value is -2.67. The van der Waals surface area contributed by atoms with E-state index in [1.54, 1.807) is 37.3 Å². The molecule has 1 aromatic carbocycles.